The standard InChI is InChI=1S/C49H44NP.C6H6.C2H6/c1-7-20-40(8-2)51-41(9-3)34-29-35(6)48-42(10-4)43(11-5)49(46-27-18-17-26-45(46)48)37-30-32-39(33-31-37)50(38-23-13-12-14-24-38)47-28-19-22-36-21-15-16-25-44(36)47;1-2-4-6-5-3-1;1-2/h7-34,51H,4-6H2,1-3H3;1-6H;1-2H3/b20-7-,34-29-,40-8+,41-9+;;. The van der Waals surface area contributed by atoms with Crippen LogP contribution in [0.5, 0.6) is 0 Å². The zero-order valence-corrected chi connectivity index (χ0v) is 36.2. The van der Waals surface area contributed by atoms with Gasteiger partial charge in [-0.3, -0.25) is 0 Å². The van der Waals surface area contributed by atoms with Crippen LogP contribution in [0.4, 0.5) is 17.1 Å². The van der Waals surface area contributed by atoms with Crippen LogP contribution >= 0.6 is 8.58 Å². The Bertz CT molecular complexity index is 2570. The molecule has 0 saturated heterocycles. The lowest BCUT2D eigenvalue weighted by Gasteiger charge is -2.27. The zero-order valence-electron chi connectivity index (χ0n) is 35.2. The van der Waals surface area contributed by atoms with E-state index in [-0.39, 0.29) is 0 Å². The van der Waals surface area contributed by atoms with E-state index in [1.54, 1.807) is 0 Å². The van der Waals surface area contributed by atoms with Gasteiger partial charge in [0.05, 0.1) is 5.69 Å². The third-order valence-corrected chi connectivity index (χ3v) is 11.3. The zero-order chi connectivity index (χ0) is 42.0. The summed E-state index contributed by atoms with van der Waals surface area (Å²) in [5.74, 6) is 0. The summed E-state index contributed by atoms with van der Waals surface area (Å²) in [6, 6.07) is 55.2. The Morgan fingerprint density at radius 3 is 1.61 bits per heavy atom. The van der Waals surface area contributed by atoms with Gasteiger partial charge in [-0.2, -0.15) is 0 Å². The molecule has 0 fully saturated rings. The third kappa shape index (κ3) is 10.5. The van der Waals surface area contributed by atoms with Gasteiger partial charge >= 0.3 is 0 Å². The molecule has 0 amide bonds. The second kappa shape index (κ2) is 22.4. The van der Waals surface area contributed by atoms with E-state index in [2.05, 4.69) is 203 Å². The van der Waals surface area contributed by atoms with Gasteiger partial charge in [0, 0.05) is 16.8 Å². The maximum Gasteiger partial charge on any atom is 0.0540 e. The average molecular weight is 786 g/mol. The van der Waals surface area contributed by atoms with Crippen LogP contribution in [-0.2, 0) is 0 Å². The van der Waals surface area contributed by atoms with E-state index in [1.165, 1.54) is 21.4 Å². The van der Waals surface area contributed by atoms with Crippen molar-refractivity contribution in [3.05, 3.63) is 241 Å². The Morgan fingerprint density at radius 2 is 1.02 bits per heavy atom. The molecule has 0 heterocycles. The monoisotopic (exact) mass is 785 g/mol. The van der Waals surface area contributed by atoms with E-state index >= 15 is 0 Å². The molecule has 7 aromatic rings. The molecule has 2 heteroatoms. The van der Waals surface area contributed by atoms with Gasteiger partial charge in [0.2, 0.25) is 0 Å². The number of anilines is 3. The second-order valence-electron chi connectivity index (χ2n) is 13.4. The maximum atomic E-state index is 4.59. The van der Waals surface area contributed by atoms with E-state index in [0.717, 1.165) is 61.2 Å². The molecule has 0 aliphatic heterocycles. The summed E-state index contributed by atoms with van der Waals surface area (Å²) in [6.45, 7) is 23.4. The first-order valence-corrected chi connectivity index (χ1v) is 21.4. The minimum atomic E-state index is 0.575. The Hall–Kier alpha value is -6.53. The molecule has 294 valence electrons. The molecule has 0 radical (unpaired) electrons. The van der Waals surface area contributed by atoms with Crippen molar-refractivity contribution >= 4 is 64.9 Å². The number of para-hydroxylation sites is 1. The first-order chi connectivity index (χ1) is 29.0. The van der Waals surface area contributed by atoms with Gasteiger partial charge in [0.15, 0.2) is 0 Å². The molecule has 0 aliphatic rings. The van der Waals surface area contributed by atoms with Crippen LogP contribution in [0.1, 0.15) is 51.3 Å². The molecule has 0 spiro atoms. The van der Waals surface area contributed by atoms with Crippen molar-refractivity contribution in [3.8, 4) is 11.1 Å². The molecule has 1 unspecified atom stereocenters. The van der Waals surface area contributed by atoms with E-state index in [0.29, 0.717) is 8.58 Å². The van der Waals surface area contributed by atoms with Crippen LogP contribution in [0.2, 0.25) is 0 Å². The quantitative estimate of drug-likeness (QED) is 0.0881. The molecular formula is C57H56NP. The van der Waals surface area contributed by atoms with Gasteiger partial charge in [-0.1, -0.05) is 218 Å². The van der Waals surface area contributed by atoms with Crippen molar-refractivity contribution in [3.63, 3.8) is 0 Å². The number of allylic oxidation sites excluding steroid dienone is 9. The Balaban J connectivity index is 0.000000749. The third-order valence-electron chi connectivity index (χ3n) is 9.85. The van der Waals surface area contributed by atoms with E-state index < -0.39 is 0 Å². The summed E-state index contributed by atoms with van der Waals surface area (Å²) in [5, 5.41) is 7.28. The SMILES string of the molecule is C=Cc1c(C=C)c(-c2ccc(N(c3ccccc3)c3cccc4ccccc34)cc2)c2ccccc2c1C(=C)/C=C\C(=C/C)PC(/C=C\C)=C/C.CC.c1ccccc1. The summed E-state index contributed by atoms with van der Waals surface area (Å²) in [6.07, 6.45) is 16.9. The Kier molecular flexibility index (Phi) is 16.6. The Morgan fingerprint density at radius 1 is 0.508 bits per heavy atom. The number of hydrogen-bond acceptors (Lipinski definition) is 1. The summed E-state index contributed by atoms with van der Waals surface area (Å²) in [4.78, 5) is 2.34. The van der Waals surface area contributed by atoms with Crippen molar-refractivity contribution in [1.82, 2.24) is 0 Å². The molecule has 0 bridgehead atoms. The number of fused-ring (bicyclic) bond motifs is 2. The first-order valence-electron chi connectivity index (χ1n) is 20.4. The molecule has 7 rings (SSSR count). The van der Waals surface area contributed by atoms with Crippen LogP contribution in [0.25, 0.3) is 50.4 Å². The van der Waals surface area contributed by atoms with Crippen LogP contribution in [0.15, 0.2) is 225 Å². The normalized spacial score (nSPS) is 11.7. The van der Waals surface area contributed by atoms with Crippen LogP contribution in [0.3, 0.4) is 0 Å². The fourth-order valence-corrected chi connectivity index (χ4v) is 8.21. The van der Waals surface area contributed by atoms with Gasteiger partial charge in [0.1, 0.15) is 0 Å². The lowest BCUT2D eigenvalue weighted by atomic mass is 9.83. The van der Waals surface area contributed by atoms with Crippen molar-refractivity contribution in [2.75, 3.05) is 4.90 Å². The van der Waals surface area contributed by atoms with Gasteiger partial charge in [0.25, 0.3) is 0 Å². The fraction of sp³-hybridized carbons (Fsp3) is 0.0877. The highest BCUT2D eigenvalue weighted by atomic mass is 31.1. The molecule has 0 N–H and O–H groups in total. The van der Waals surface area contributed by atoms with Crippen LogP contribution in [-0.4, -0.2) is 0 Å². The molecule has 1 nitrogen and oxygen atoms in total. The summed E-state index contributed by atoms with van der Waals surface area (Å²) >= 11 is 0. The topological polar surface area (TPSA) is 3.24 Å². The van der Waals surface area contributed by atoms with Crippen molar-refractivity contribution in [2.24, 2.45) is 0 Å². The van der Waals surface area contributed by atoms with Gasteiger partial charge in [-0.15, -0.1) is 0 Å². The van der Waals surface area contributed by atoms with Gasteiger partial charge < -0.3 is 4.90 Å². The molecule has 59 heavy (non-hydrogen) atoms. The smallest absolute Gasteiger partial charge is 0.0540 e. The summed E-state index contributed by atoms with van der Waals surface area (Å²) in [5.41, 5.74) is 9.69. The fourth-order valence-electron chi connectivity index (χ4n) is 7.17. The van der Waals surface area contributed by atoms with Crippen molar-refractivity contribution in [1.29, 1.82) is 0 Å². The highest BCUT2D eigenvalue weighted by molar-refractivity contribution is 7.48. The molecule has 0 aliphatic carbocycles. The highest BCUT2D eigenvalue weighted by Crippen LogP contribution is 2.44. The van der Waals surface area contributed by atoms with Gasteiger partial charge in [-0.25, -0.2) is 0 Å². The minimum absolute atomic E-state index is 0.575. The largest absolute Gasteiger partial charge is 0.310 e. The number of nitrogens with zero attached hydrogens (tertiary/aromatic N) is 1. The number of rotatable bonds is 12. The van der Waals surface area contributed by atoms with Crippen LogP contribution < -0.4 is 4.90 Å². The van der Waals surface area contributed by atoms with Gasteiger partial charge in [-0.05, 0) is 111 Å². The van der Waals surface area contributed by atoms with Crippen molar-refractivity contribution < 1.29 is 0 Å². The number of hydrogen-bond donors (Lipinski definition) is 0. The lowest BCUT2D eigenvalue weighted by Crippen LogP contribution is -2.10. The first kappa shape index (κ1) is 43.6. The van der Waals surface area contributed by atoms with E-state index in [4.69, 9.17) is 0 Å². The Labute approximate surface area is 355 Å². The number of benzene rings is 7. The summed E-state index contributed by atoms with van der Waals surface area (Å²) < 4.78 is 0. The second-order valence-corrected chi connectivity index (χ2v) is 14.8. The van der Waals surface area contributed by atoms with Crippen molar-refractivity contribution in [2.45, 2.75) is 34.6 Å². The molecule has 0 saturated carbocycles. The molecular weight excluding hydrogens is 730 g/mol. The molecule has 7 aromatic carbocycles. The maximum absolute atomic E-state index is 4.59. The predicted molar refractivity (Wildman–Crippen MR) is 268 cm³/mol. The highest BCUT2D eigenvalue weighted by Gasteiger charge is 2.20. The summed E-state index contributed by atoms with van der Waals surface area (Å²) in [7, 11) is 0.575. The predicted octanol–water partition coefficient (Wildman–Crippen LogP) is 17.8. The average Bonchev–Trinajstić information content (AvgIpc) is 3.31. The van der Waals surface area contributed by atoms with E-state index in [9.17, 15) is 0 Å². The molecule has 0 aromatic heterocycles. The molecule has 1 atom stereocenters. The van der Waals surface area contributed by atoms with Crippen LogP contribution in [0, 0.1) is 0 Å². The minimum Gasteiger partial charge on any atom is -0.310 e. The van der Waals surface area contributed by atoms with E-state index in [1.807, 2.05) is 62.4 Å². The lowest BCUT2D eigenvalue weighted by molar-refractivity contribution is 1.30.